The number of oxime groups is 2. The van der Waals surface area contributed by atoms with E-state index in [1.54, 1.807) is 0 Å². The van der Waals surface area contributed by atoms with Crippen LogP contribution in [0.2, 0.25) is 0 Å². The van der Waals surface area contributed by atoms with Gasteiger partial charge >= 0.3 is 11.9 Å². The second kappa shape index (κ2) is 7.53. The van der Waals surface area contributed by atoms with Crippen LogP contribution in [0, 0.1) is 0 Å². The van der Waals surface area contributed by atoms with Crippen LogP contribution in [0.4, 0.5) is 0 Å². The van der Waals surface area contributed by atoms with E-state index in [1.165, 1.54) is 0 Å². The average molecular weight is 204 g/mol. The molecule has 0 unspecified atom stereocenters. The molecule has 0 spiro atoms. The van der Waals surface area contributed by atoms with E-state index in [0.29, 0.717) is 0 Å². The Morgan fingerprint density at radius 1 is 1.00 bits per heavy atom. The molecule has 0 aromatic heterocycles. The maximum atomic E-state index is 10.7. The molecule has 0 aliphatic rings. The van der Waals surface area contributed by atoms with Crippen LogP contribution in [0.1, 0.15) is 0 Å². The van der Waals surface area contributed by atoms with E-state index in [0.717, 1.165) is 12.4 Å². The molecule has 0 rings (SSSR count). The first kappa shape index (κ1) is 11.9. The molecular formula is C6H8N2O6. The number of esters is 2. The maximum Gasteiger partial charge on any atom is 0.417 e. The lowest BCUT2D eigenvalue weighted by Crippen LogP contribution is -2.21. The zero-order valence-corrected chi connectivity index (χ0v) is 6.99. The quantitative estimate of drug-likeness (QED) is 0.199. The molecule has 8 heteroatoms. The van der Waals surface area contributed by atoms with Crippen molar-refractivity contribution in [1.29, 1.82) is 0 Å². The Labute approximate surface area is 78.4 Å². The first-order valence-corrected chi connectivity index (χ1v) is 3.38. The van der Waals surface area contributed by atoms with Crippen LogP contribution in [0.15, 0.2) is 10.3 Å². The Bertz CT molecular complexity index is 223. The number of nitrogens with zero attached hydrogens (tertiary/aromatic N) is 2. The molecule has 0 atom stereocenters. The van der Waals surface area contributed by atoms with Crippen LogP contribution in [0.25, 0.3) is 0 Å². The van der Waals surface area contributed by atoms with Gasteiger partial charge in [-0.05, 0) is 0 Å². The van der Waals surface area contributed by atoms with E-state index >= 15 is 0 Å². The Kier molecular flexibility index (Phi) is 6.39. The summed E-state index contributed by atoms with van der Waals surface area (Å²) in [5, 5.41) is 20.9. The summed E-state index contributed by atoms with van der Waals surface area (Å²) >= 11 is 0. The van der Waals surface area contributed by atoms with E-state index < -0.39 is 11.9 Å². The number of carbonyl (C=O) groups is 2. The number of ether oxygens (including phenoxy) is 2. The minimum Gasteiger partial charge on any atom is -0.451 e. The molecule has 0 aliphatic heterocycles. The first-order valence-electron chi connectivity index (χ1n) is 3.38. The molecule has 0 aromatic carbocycles. The monoisotopic (exact) mass is 204 g/mol. The van der Waals surface area contributed by atoms with Gasteiger partial charge in [0.25, 0.3) is 0 Å². The first-order chi connectivity index (χ1) is 6.72. The molecule has 8 nitrogen and oxygen atoms in total. The van der Waals surface area contributed by atoms with Crippen LogP contribution < -0.4 is 0 Å². The van der Waals surface area contributed by atoms with Gasteiger partial charge in [-0.15, -0.1) is 0 Å². The summed E-state index contributed by atoms with van der Waals surface area (Å²) < 4.78 is 8.49. The van der Waals surface area contributed by atoms with Gasteiger partial charge in [0.2, 0.25) is 0 Å². The van der Waals surface area contributed by atoms with Crippen molar-refractivity contribution in [3.05, 3.63) is 0 Å². The van der Waals surface area contributed by atoms with E-state index in [9.17, 15) is 9.59 Å². The molecule has 0 amide bonds. The normalized spacial score (nSPS) is 10.6. The highest BCUT2D eigenvalue weighted by molar-refractivity contribution is 6.29. The van der Waals surface area contributed by atoms with Crippen molar-refractivity contribution in [3.8, 4) is 0 Å². The zero-order valence-electron chi connectivity index (χ0n) is 6.99. The second-order valence-corrected chi connectivity index (χ2v) is 1.79. The molecule has 0 aromatic rings. The fourth-order valence-corrected chi connectivity index (χ4v) is 0.410. The Morgan fingerprint density at radius 3 is 1.64 bits per heavy atom. The molecule has 2 N–H and O–H groups in total. The predicted octanol–water partition coefficient (Wildman–Crippen LogP) is -1.01. The summed E-state index contributed by atoms with van der Waals surface area (Å²) in [5.74, 6) is -2.45. The molecule has 0 aliphatic carbocycles. The highest BCUT2D eigenvalue weighted by atomic mass is 16.6. The number of hydrogen-bond donors (Lipinski definition) is 2. The van der Waals surface area contributed by atoms with Crippen LogP contribution in [0.5, 0.6) is 0 Å². The van der Waals surface area contributed by atoms with Gasteiger partial charge in [0.1, 0.15) is 13.2 Å². The van der Waals surface area contributed by atoms with Crippen molar-refractivity contribution in [2.45, 2.75) is 0 Å². The molecule has 14 heavy (non-hydrogen) atoms. The zero-order chi connectivity index (χ0) is 10.8. The minimum atomic E-state index is -1.23. The summed E-state index contributed by atoms with van der Waals surface area (Å²) in [7, 11) is 0. The predicted molar refractivity (Wildman–Crippen MR) is 42.5 cm³/mol. The highest BCUT2D eigenvalue weighted by Crippen LogP contribution is 1.83. The summed E-state index contributed by atoms with van der Waals surface area (Å²) in [5.41, 5.74) is 0. The molecule has 78 valence electrons. The van der Waals surface area contributed by atoms with Crippen molar-refractivity contribution in [1.82, 2.24) is 0 Å². The summed E-state index contributed by atoms with van der Waals surface area (Å²) in [4.78, 5) is 21.3. The van der Waals surface area contributed by atoms with Gasteiger partial charge in [-0.2, -0.15) is 0 Å². The lowest BCUT2D eigenvalue weighted by atomic mass is 10.6. The second-order valence-electron chi connectivity index (χ2n) is 1.79. The van der Waals surface area contributed by atoms with Gasteiger partial charge < -0.3 is 19.9 Å². The highest BCUT2D eigenvalue weighted by Gasteiger charge is 2.15. The van der Waals surface area contributed by atoms with Gasteiger partial charge in [0.15, 0.2) is 0 Å². The number of carbonyl (C=O) groups excluding carboxylic acids is 2. The van der Waals surface area contributed by atoms with Crippen molar-refractivity contribution < 1.29 is 29.5 Å². The third-order valence-corrected chi connectivity index (χ3v) is 0.908. The summed E-state index contributed by atoms with van der Waals surface area (Å²) in [6, 6.07) is 0. The van der Waals surface area contributed by atoms with Gasteiger partial charge in [-0.3, -0.25) is 0 Å². The van der Waals surface area contributed by atoms with Gasteiger partial charge in [0, 0.05) is 0 Å². The Morgan fingerprint density at radius 2 is 1.36 bits per heavy atom. The van der Waals surface area contributed by atoms with Crippen LogP contribution in [-0.2, 0) is 19.1 Å². The summed E-state index contributed by atoms with van der Waals surface area (Å²) in [6.07, 6.45) is 1.75. The number of rotatable bonds is 4. The Balaban J connectivity index is 3.71. The topological polar surface area (TPSA) is 118 Å². The molecule has 0 fully saturated rings. The smallest absolute Gasteiger partial charge is 0.417 e. The molecule has 0 saturated heterocycles. The van der Waals surface area contributed by atoms with Crippen LogP contribution in [0.3, 0.4) is 0 Å². The molecule has 0 heterocycles. The standard InChI is InChI=1S/C6H8N2O6/c9-5(13-3-1-7-11)6(10)14-4-2-8-12/h1-2,11-12H,3-4H2. The van der Waals surface area contributed by atoms with Crippen molar-refractivity contribution in [2.75, 3.05) is 13.2 Å². The Hall–Kier alpha value is -2.12. The van der Waals surface area contributed by atoms with Crippen molar-refractivity contribution in [2.24, 2.45) is 10.3 Å². The lowest BCUT2D eigenvalue weighted by Gasteiger charge is -1.99. The van der Waals surface area contributed by atoms with Gasteiger partial charge in [0.05, 0.1) is 12.4 Å². The van der Waals surface area contributed by atoms with E-state index in [1.807, 2.05) is 0 Å². The SMILES string of the molecule is O=C(OCC=NO)C(=O)OCC=NO. The van der Waals surface area contributed by atoms with E-state index in [-0.39, 0.29) is 13.2 Å². The van der Waals surface area contributed by atoms with Crippen LogP contribution in [-0.4, -0.2) is 48.0 Å². The van der Waals surface area contributed by atoms with E-state index in [4.69, 9.17) is 10.4 Å². The van der Waals surface area contributed by atoms with Gasteiger partial charge in [-0.25, -0.2) is 9.59 Å². The minimum absolute atomic E-state index is 0.335. The molecule has 0 radical (unpaired) electrons. The summed E-state index contributed by atoms with van der Waals surface area (Å²) in [6.45, 7) is -0.670. The van der Waals surface area contributed by atoms with E-state index in [2.05, 4.69) is 19.8 Å². The van der Waals surface area contributed by atoms with Crippen LogP contribution >= 0.6 is 0 Å². The van der Waals surface area contributed by atoms with Gasteiger partial charge in [-0.1, -0.05) is 10.3 Å². The fraction of sp³-hybridized carbons (Fsp3) is 0.333. The maximum absolute atomic E-state index is 10.7. The third kappa shape index (κ3) is 5.52. The van der Waals surface area contributed by atoms with Crippen molar-refractivity contribution >= 4 is 24.4 Å². The molecule has 0 saturated carbocycles. The number of hydrogen-bond acceptors (Lipinski definition) is 8. The van der Waals surface area contributed by atoms with Crippen molar-refractivity contribution in [3.63, 3.8) is 0 Å². The largest absolute Gasteiger partial charge is 0.451 e. The lowest BCUT2D eigenvalue weighted by molar-refractivity contribution is -0.165. The molecule has 0 bridgehead atoms. The average Bonchev–Trinajstić information content (AvgIpc) is 2.18. The fourth-order valence-electron chi connectivity index (χ4n) is 0.410. The third-order valence-electron chi connectivity index (χ3n) is 0.908. The molecular weight excluding hydrogens is 196 g/mol.